The molecule has 0 aliphatic rings. The van der Waals surface area contributed by atoms with Gasteiger partial charge in [0.1, 0.15) is 5.65 Å². The Morgan fingerprint density at radius 1 is 1.50 bits per heavy atom. The second-order valence-corrected chi connectivity index (χ2v) is 4.93. The quantitative estimate of drug-likeness (QED) is 0.795. The van der Waals surface area contributed by atoms with E-state index >= 15 is 0 Å². The maximum atomic E-state index is 5.30. The Morgan fingerprint density at radius 2 is 2.28 bits per heavy atom. The van der Waals surface area contributed by atoms with Gasteiger partial charge in [-0.3, -0.25) is 0 Å². The summed E-state index contributed by atoms with van der Waals surface area (Å²) in [6.07, 6.45) is 2.22. The first-order valence-electron chi connectivity index (χ1n) is 5.93. The highest BCUT2D eigenvalue weighted by Crippen LogP contribution is 2.23. The van der Waals surface area contributed by atoms with Crippen molar-refractivity contribution in [2.45, 2.75) is 18.4 Å². The van der Waals surface area contributed by atoms with Crippen LogP contribution < -0.4 is 4.90 Å². The molecule has 2 aromatic heterocycles. The van der Waals surface area contributed by atoms with Crippen LogP contribution in [0.1, 0.15) is 12.6 Å². The normalized spacial score (nSPS) is 12.9. The fraction of sp³-hybridized carbons (Fsp3) is 0.462. The van der Waals surface area contributed by atoms with Crippen LogP contribution in [0.25, 0.3) is 5.65 Å². The Kier molecular flexibility index (Phi) is 4.24. The zero-order valence-electron chi connectivity index (χ0n) is 10.9. The number of methoxy groups -OCH3 is 1. The van der Waals surface area contributed by atoms with Crippen molar-refractivity contribution in [3.8, 4) is 0 Å². The molecule has 0 amide bonds. The van der Waals surface area contributed by atoms with Gasteiger partial charge in [-0.2, -0.15) is 0 Å². The van der Waals surface area contributed by atoms with Crippen molar-refractivity contribution in [1.29, 1.82) is 0 Å². The molecule has 0 N–H and O–H groups in total. The zero-order valence-corrected chi connectivity index (χ0v) is 12.5. The van der Waals surface area contributed by atoms with E-state index in [4.69, 9.17) is 4.74 Å². The summed E-state index contributed by atoms with van der Waals surface area (Å²) >= 11 is 3.54. The smallest absolute Gasteiger partial charge is 0.151 e. The number of imidazole rings is 1. The highest BCUT2D eigenvalue weighted by molar-refractivity contribution is 9.08. The molecule has 4 nitrogen and oxygen atoms in total. The molecule has 5 heteroatoms. The van der Waals surface area contributed by atoms with E-state index < -0.39 is 0 Å². The van der Waals surface area contributed by atoms with Crippen LogP contribution in [-0.4, -0.2) is 36.2 Å². The molecule has 2 heterocycles. The number of nitrogens with zero attached hydrogens (tertiary/aromatic N) is 3. The lowest BCUT2D eigenvalue weighted by Gasteiger charge is -2.21. The standard InChI is InChI=1S/C13H18BrN3O/c1-10(18-3)9-16(2)13-11(8-14)17-7-5-4-6-12(17)15-13/h4-7,10H,8-9H2,1-3H3. The summed E-state index contributed by atoms with van der Waals surface area (Å²) in [7, 11) is 3.77. The maximum absolute atomic E-state index is 5.30. The first-order chi connectivity index (χ1) is 8.67. The number of anilines is 1. The molecule has 0 aromatic carbocycles. The van der Waals surface area contributed by atoms with Gasteiger partial charge in [0, 0.05) is 32.2 Å². The van der Waals surface area contributed by atoms with Gasteiger partial charge in [-0.05, 0) is 19.1 Å². The molecular formula is C13H18BrN3O. The molecule has 0 saturated heterocycles. The number of hydrogen-bond donors (Lipinski definition) is 0. The summed E-state index contributed by atoms with van der Waals surface area (Å²) in [4.78, 5) is 6.81. The fourth-order valence-electron chi connectivity index (χ4n) is 2.01. The summed E-state index contributed by atoms with van der Waals surface area (Å²) < 4.78 is 7.41. The average Bonchev–Trinajstić information content (AvgIpc) is 2.77. The molecule has 0 aliphatic heterocycles. The summed E-state index contributed by atoms with van der Waals surface area (Å²) in [6.45, 7) is 2.88. The molecule has 0 radical (unpaired) electrons. The predicted octanol–water partition coefficient (Wildman–Crippen LogP) is 2.70. The van der Waals surface area contributed by atoms with Gasteiger partial charge in [0.2, 0.25) is 0 Å². The summed E-state index contributed by atoms with van der Waals surface area (Å²) in [6, 6.07) is 6.04. The summed E-state index contributed by atoms with van der Waals surface area (Å²) in [5.41, 5.74) is 2.13. The van der Waals surface area contributed by atoms with Gasteiger partial charge in [0.15, 0.2) is 5.82 Å². The number of halogens is 1. The van der Waals surface area contributed by atoms with Crippen LogP contribution >= 0.6 is 15.9 Å². The van der Waals surface area contributed by atoms with Crippen molar-refractivity contribution in [2.24, 2.45) is 0 Å². The third-order valence-electron chi connectivity index (χ3n) is 3.03. The van der Waals surface area contributed by atoms with Crippen molar-refractivity contribution in [3.05, 3.63) is 30.1 Å². The Bertz CT molecular complexity index is 526. The first-order valence-corrected chi connectivity index (χ1v) is 7.05. The predicted molar refractivity (Wildman–Crippen MR) is 77.6 cm³/mol. The van der Waals surface area contributed by atoms with Crippen molar-refractivity contribution in [1.82, 2.24) is 9.38 Å². The molecule has 0 spiro atoms. The molecule has 98 valence electrons. The van der Waals surface area contributed by atoms with Crippen LogP contribution in [0.5, 0.6) is 0 Å². The third kappa shape index (κ3) is 2.52. The van der Waals surface area contributed by atoms with E-state index in [1.165, 1.54) is 0 Å². The van der Waals surface area contributed by atoms with Gasteiger partial charge in [-0.1, -0.05) is 22.0 Å². The van der Waals surface area contributed by atoms with E-state index in [1.54, 1.807) is 7.11 Å². The number of alkyl halides is 1. The second-order valence-electron chi connectivity index (χ2n) is 4.37. The Hall–Kier alpha value is -1.07. The van der Waals surface area contributed by atoms with E-state index in [-0.39, 0.29) is 6.10 Å². The lowest BCUT2D eigenvalue weighted by atomic mass is 10.3. The molecule has 1 atom stereocenters. The second kappa shape index (κ2) is 5.71. The fourth-order valence-corrected chi connectivity index (χ4v) is 2.53. The van der Waals surface area contributed by atoms with Crippen molar-refractivity contribution < 1.29 is 4.74 Å². The van der Waals surface area contributed by atoms with E-state index in [0.29, 0.717) is 0 Å². The van der Waals surface area contributed by atoms with Crippen LogP contribution in [0.2, 0.25) is 0 Å². The lowest BCUT2D eigenvalue weighted by molar-refractivity contribution is 0.124. The number of aromatic nitrogens is 2. The van der Waals surface area contributed by atoms with Gasteiger partial charge in [-0.15, -0.1) is 0 Å². The molecule has 0 aliphatic carbocycles. The molecule has 0 bridgehead atoms. The average molecular weight is 312 g/mol. The largest absolute Gasteiger partial charge is 0.380 e. The van der Waals surface area contributed by atoms with E-state index in [0.717, 1.165) is 29.0 Å². The van der Waals surface area contributed by atoms with Gasteiger partial charge in [0.05, 0.1) is 11.8 Å². The number of rotatable bonds is 5. The molecule has 0 fully saturated rings. The van der Waals surface area contributed by atoms with Crippen molar-refractivity contribution in [3.63, 3.8) is 0 Å². The lowest BCUT2D eigenvalue weighted by Crippen LogP contribution is -2.29. The van der Waals surface area contributed by atoms with Crippen LogP contribution in [0, 0.1) is 0 Å². The van der Waals surface area contributed by atoms with Gasteiger partial charge >= 0.3 is 0 Å². The molecule has 0 saturated carbocycles. The van der Waals surface area contributed by atoms with E-state index in [2.05, 4.69) is 37.1 Å². The van der Waals surface area contributed by atoms with Crippen LogP contribution in [-0.2, 0) is 10.1 Å². The number of pyridine rings is 1. The van der Waals surface area contributed by atoms with Crippen LogP contribution in [0.3, 0.4) is 0 Å². The molecule has 2 rings (SSSR count). The Balaban J connectivity index is 2.37. The monoisotopic (exact) mass is 311 g/mol. The minimum Gasteiger partial charge on any atom is -0.380 e. The van der Waals surface area contributed by atoms with Gasteiger partial charge in [-0.25, -0.2) is 4.98 Å². The maximum Gasteiger partial charge on any atom is 0.151 e. The van der Waals surface area contributed by atoms with Crippen LogP contribution in [0.15, 0.2) is 24.4 Å². The molecular weight excluding hydrogens is 294 g/mol. The number of fused-ring (bicyclic) bond motifs is 1. The van der Waals surface area contributed by atoms with Crippen LogP contribution in [0.4, 0.5) is 5.82 Å². The number of likely N-dealkylation sites (N-methyl/N-ethyl adjacent to an activating group) is 1. The van der Waals surface area contributed by atoms with Gasteiger partial charge in [0.25, 0.3) is 0 Å². The topological polar surface area (TPSA) is 29.8 Å². The molecule has 18 heavy (non-hydrogen) atoms. The van der Waals surface area contributed by atoms with E-state index in [1.807, 2.05) is 31.4 Å². The third-order valence-corrected chi connectivity index (χ3v) is 3.56. The first kappa shape index (κ1) is 13.4. The molecule has 1 unspecified atom stereocenters. The summed E-state index contributed by atoms with van der Waals surface area (Å²) in [5.74, 6) is 1.00. The zero-order chi connectivity index (χ0) is 13.1. The SMILES string of the molecule is COC(C)CN(C)c1nc2ccccn2c1CBr. The Morgan fingerprint density at radius 3 is 2.94 bits per heavy atom. The highest BCUT2D eigenvalue weighted by Gasteiger charge is 2.16. The molecule has 2 aromatic rings. The highest BCUT2D eigenvalue weighted by atomic mass is 79.9. The summed E-state index contributed by atoms with van der Waals surface area (Å²) in [5, 5.41) is 0.777. The van der Waals surface area contributed by atoms with E-state index in [9.17, 15) is 0 Å². The van der Waals surface area contributed by atoms with Crippen molar-refractivity contribution >= 4 is 27.4 Å². The van der Waals surface area contributed by atoms with Crippen molar-refractivity contribution in [2.75, 3.05) is 25.6 Å². The number of hydrogen-bond acceptors (Lipinski definition) is 3. The minimum absolute atomic E-state index is 0.183. The number of ether oxygens (including phenoxy) is 1. The minimum atomic E-state index is 0.183. The Labute approximate surface area is 116 Å². The van der Waals surface area contributed by atoms with Gasteiger partial charge < -0.3 is 14.0 Å².